The van der Waals surface area contributed by atoms with Crippen LogP contribution in [0.25, 0.3) is 0 Å². The normalized spacial score (nSPS) is 20.3. The van der Waals surface area contributed by atoms with Gasteiger partial charge in [0.25, 0.3) is 0 Å². The van der Waals surface area contributed by atoms with Crippen LogP contribution in [-0.2, 0) is 0 Å². The Labute approximate surface area is 68.3 Å². The van der Waals surface area contributed by atoms with Crippen LogP contribution in [0.4, 0.5) is 0 Å². The number of hydrogen-bond donors (Lipinski definition) is 1. The summed E-state index contributed by atoms with van der Waals surface area (Å²) in [6, 6.07) is 0. The first-order chi connectivity index (χ1) is 4.20. The summed E-state index contributed by atoms with van der Waals surface area (Å²) >= 11 is 16.7. The minimum absolute atomic E-state index is 0.459. The van der Waals surface area contributed by atoms with Gasteiger partial charge >= 0.3 is 0 Å². The molecule has 0 amide bonds. The average molecular weight is 183 g/mol. The summed E-state index contributed by atoms with van der Waals surface area (Å²) in [7, 11) is 0. The van der Waals surface area contributed by atoms with Gasteiger partial charge < -0.3 is 5.32 Å². The van der Waals surface area contributed by atoms with Gasteiger partial charge in [0.05, 0.1) is 10.1 Å². The molecular formula is C5H3Cl3N. The van der Waals surface area contributed by atoms with Crippen molar-refractivity contribution < 1.29 is 0 Å². The summed E-state index contributed by atoms with van der Waals surface area (Å²) in [6.07, 6.45) is 3.08. The van der Waals surface area contributed by atoms with Crippen molar-refractivity contribution in [3.63, 3.8) is 0 Å². The van der Waals surface area contributed by atoms with E-state index in [0.29, 0.717) is 15.6 Å². The SMILES string of the molecule is Cl[C]1C=C(Cl)C(Cl)=CN1. The third kappa shape index (κ3) is 1.78. The first kappa shape index (κ1) is 7.26. The smallest absolute Gasteiger partial charge is 0.174 e. The van der Waals surface area contributed by atoms with Gasteiger partial charge in [-0.1, -0.05) is 34.8 Å². The van der Waals surface area contributed by atoms with Gasteiger partial charge in [-0.2, -0.15) is 0 Å². The summed E-state index contributed by atoms with van der Waals surface area (Å²) in [5.74, 6) is 0. The molecule has 1 N–H and O–H groups in total. The summed E-state index contributed by atoms with van der Waals surface area (Å²) in [5.41, 5.74) is 0.476. The Morgan fingerprint density at radius 1 is 1.11 bits per heavy atom. The zero-order valence-electron chi connectivity index (χ0n) is 4.29. The van der Waals surface area contributed by atoms with Gasteiger partial charge in [-0.05, 0) is 6.08 Å². The Balaban J connectivity index is 2.75. The molecular weight excluding hydrogens is 180 g/mol. The highest BCUT2D eigenvalue weighted by Crippen LogP contribution is 2.25. The molecule has 49 valence electrons. The summed E-state index contributed by atoms with van der Waals surface area (Å²) in [5, 5.41) is 3.62. The lowest BCUT2D eigenvalue weighted by atomic mass is 10.4. The minimum atomic E-state index is 0.459. The summed E-state index contributed by atoms with van der Waals surface area (Å²) in [6.45, 7) is 0. The van der Waals surface area contributed by atoms with E-state index in [0.717, 1.165) is 0 Å². The molecule has 0 atom stereocenters. The molecule has 0 aromatic rings. The molecule has 1 aliphatic heterocycles. The van der Waals surface area contributed by atoms with Crippen LogP contribution in [0.2, 0.25) is 0 Å². The lowest BCUT2D eigenvalue weighted by Gasteiger charge is -2.09. The number of hydrogen-bond acceptors (Lipinski definition) is 1. The zero-order chi connectivity index (χ0) is 6.85. The van der Waals surface area contributed by atoms with E-state index in [2.05, 4.69) is 5.32 Å². The first-order valence-electron chi connectivity index (χ1n) is 2.22. The lowest BCUT2D eigenvalue weighted by Crippen LogP contribution is -2.10. The molecule has 1 heterocycles. The van der Waals surface area contributed by atoms with Gasteiger partial charge in [-0.15, -0.1) is 0 Å². The first-order valence-corrected chi connectivity index (χ1v) is 3.36. The lowest BCUT2D eigenvalue weighted by molar-refractivity contribution is 1.04. The van der Waals surface area contributed by atoms with Crippen LogP contribution in [0.1, 0.15) is 0 Å². The van der Waals surface area contributed by atoms with Gasteiger partial charge in [-0.3, -0.25) is 0 Å². The second kappa shape index (κ2) is 2.82. The molecule has 0 saturated heterocycles. The molecule has 0 spiro atoms. The van der Waals surface area contributed by atoms with Crippen LogP contribution >= 0.6 is 34.8 Å². The number of nitrogens with one attached hydrogen (secondary N) is 1. The molecule has 9 heavy (non-hydrogen) atoms. The molecule has 0 aliphatic carbocycles. The van der Waals surface area contributed by atoms with Gasteiger partial charge in [-0.25, -0.2) is 0 Å². The van der Waals surface area contributed by atoms with Crippen LogP contribution in [0, 0.1) is 5.50 Å². The maximum Gasteiger partial charge on any atom is 0.174 e. The minimum Gasteiger partial charge on any atom is -0.365 e. The Kier molecular flexibility index (Phi) is 2.28. The van der Waals surface area contributed by atoms with Crippen LogP contribution in [0.15, 0.2) is 22.3 Å². The molecule has 1 rings (SSSR count). The molecule has 0 saturated carbocycles. The Morgan fingerprint density at radius 2 is 1.78 bits per heavy atom. The second-order valence-electron chi connectivity index (χ2n) is 1.48. The fourth-order valence-corrected chi connectivity index (χ4v) is 0.915. The predicted octanol–water partition coefficient (Wildman–Crippen LogP) is 2.52. The van der Waals surface area contributed by atoms with Gasteiger partial charge in [0.1, 0.15) is 0 Å². The molecule has 0 aromatic heterocycles. The maximum absolute atomic E-state index is 5.58. The van der Waals surface area contributed by atoms with Crippen molar-refractivity contribution >= 4 is 34.8 Å². The van der Waals surface area contributed by atoms with Crippen molar-refractivity contribution in [3.05, 3.63) is 27.8 Å². The van der Waals surface area contributed by atoms with Crippen molar-refractivity contribution in [1.29, 1.82) is 0 Å². The Bertz CT molecular complexity index is 173. The van der Waals surface area contributed by atoms with Crippen LogP contribution in [0.5, 0.6) is 0 Å². The molecule has 4 heteroatoms. The van der Waals surface area contributed by atoms with E-state index in [1.54, 1.807) is 6.08 Å². The standard InChI is InChI=1S/C5H3Cl3N/c6-3-1-5(8)9-2-4(3)7/h1-2,9H. The summed E-state index contributed by atoms with van der Waals surface area (Å²) in [4.78, 5) is 0. The highest BCUT2D eigenvalue weighted by Gasteiger charge is 2.09. The monoisotopic (exact) mass is 182 g/mol. The van der Waals surface area contributed by atoms with E-state index >= 15 is 0 Å². The molecule has 0 aromatic carbocycles. The van der Waals surface area contributed by atoms with E-state index in [4.69, 9.17) is 34.8 Å². The van der Waals surface area contributed by atoms with Crippen LogP contribution in [-0.4, -0.2) is 0 Å². The van der Waals surface area contributed by atoms with Crippen molar-refractivity contribution in [2.75, 3.05) is 0 Å². The molecule has 1 aliphatic rings. The fraction of sp³-hybridized carbons (Fsp3) is 0. The number of rotatable bonds is 0. The number of halogens is 3. The zero-order valence-corrected chi connectivity index (χ0v) is 6.56. The van der Waals surface area contributed by atoms with Crippen molar-refractivity contribution in [2.24, 2.45) is 0 Å². The molecule has 1 radical (unpaired) electrons. The average Bonchev–Trinajstić information content (AvgIpc) is 1.80. The van der Waals surface area contributed by atoms with Crippen LogP contribution < -0.4 is 5.32 Å². The summed E-state index contributed by atoms with van der Waals surface area (Å²) < 4.78 is 0. The second-order valence-corrected chi connectivity index (χ2v) is 2.70. The Morgan fingerprint density at radius 3 is 2.22 bits per heavy atom. The van der Waals surface area contributed by atoms with Gasteiger partial charge in [0.15, 0.2) is 5.50 Å². The maximum atomic E-state index is 5.58. The van der Waals surface area contributed by atoms with E-state index in [1.165, 1.54) is 6.20 Å². The Hall–Kier alpha value is 0.150. The molecule has 1 nitrogen and oxygen atoms in total. The van der Waals surface area contributed by atoms with E-state index < -0.39 is 0 Å². The quantitative estimate of drug-likeness (QED) is 0.569. The topological polar surface area (TPSA) is 12.0 Å². The van der Waals surface area contributed by atoms with E-state index in [9.17, 15) is 0 Å². The molecule has 0 unspecified atom stereocenters. The third-order valence-electron chi connectivity index (χ3n) is 0.818. The van der Waals surface area contributed by atoms with Gasteiger partial charge in [0, 0.05) is 6.20 Å². The predicted molar refractivity (Wildman–Crippen MR) is 40.1 cm³/mol. The molecule has 0 bridgehead atoms. The number of allylic oxidation sites excluding steroid dienone is 2. The third-order valence-corrected chi connectivity index (χ3v) is 1.76. The van der Waals surface area contributed by atoms with E-state index in [1.807, 2.05) is 0 Å². The van der Waals surface area contributed by atoms with Crippen molar-refractivity contribution in [3.8, 4) is 0 Å². The highest BCUT2D eigenvalue weighted by atomic mass is 35.5. The largest absolute Gasteiger partial charge is 0.365 e. The van der Waals surface area contributed by atoms with Gasteiger partial charge in [0.2, 0.25) is 0 Å². The fourth-order valence-electron chi connectivity index (χ4n) is 0.423. The molecule has 0 fully saturated rings. The van der Waals surface area contributed by atoms with Crippen molar-refractivity contribution in [2.45, 2.75) is 0 Å². The van der Waals surface area contributed by atoms with Crippen molar-refractivity contribution in [1.82, 2.24) is 5.32 Å². The van der Waals surface area contributed by atoms with E-state index in [-0.39, 0.29) is 0 Å². The number of dihydropyridines is 1. The highest BCUT2D eigenvalue weighted by molar-refractivity contribution is 6.45. The van der Waals surface area contributed by atoms with Crippen LogP contribution in [0.3, 0.4) is 0 Å².